The summed E-state index contributed by atoms with van der Waals surface area (Å²) in [6.45, 7) is 0.730. The molecule has 1 atom stereocenters. The third kappa shape index (κ3) is 1.25. The van der Waals surface area contributed by atoms with Crippen LogP contribution in [0.25, 0.3) is 0 Å². The molecule has 1 aliphatic heterocycles. The number of β-lactam (4-membered cyclic amide) rings is 1. The molecule has 1 aromatic carbocycles. The molecule has 0 bridgehead atoms. The average Bonchev–Trinajstić information content (AvgIpc) is 2.14. The molecule has 12 heavy (non-hydrogen) atoms. The van der Waals surface area contributed by atoms with Gasteiger partial charge in [-0.3, -0.25) is 4.79 Å². The Morgan fingerprint density at radius 1 is 1.33 bits per heavy atom. The smallest absolute Gasteiger partial charge is 0.244 e. The van der Waals surface area contributed by atoms with Crippen LogP contribution >= 0.6 is 0 Å². The van der Waals surface area contributed by atoms with Crippen molar-refractivity contribution >= 4 is 11.6 Å². The highest BCUT2D eigenvalue weighted by atomic mass is 16.2. The number of carbonyl (C=O) groups excluding carboxylic acids is 1. The van der Waals surface area contributed by atoms with Crippen LogP contribution in [0.15, 0.2) is 30.3 Å². The highest BCUT2D eigenvalue weighted by Gasteiger charge is 2.26. The van der Waals surface area contributed by atoms with Crippen molar-refractivity contribution in [2.75, 3.05) is 11.9 Å². The fourth-order valence-electron chi connectivity index (χ4n) is 1.14. The third-order valence-electron chi connectivity index (χ3n) is 1.91. The fraction of sp³-hybridized carbons (Fsp3) is 0.222. The van der Waals surface area contributed by atoms with Crippen LogP contribution in [-0.4, -0.2) is 18.5 Å². The molecular formula is C9H10N2O. The summed E-state index contributed by atoms with van der Waals surface area (Å²) < 4.78 is 0. The van der Waals surface area contributed by atoms with Gasteiger partial charge in [0.1, 0.15) is 6.04 Å². The van der Waals surface area contributed by atoms with E-state index in [1.807, 2.05) is 30.3 Å². The van der Waals surface area contributed by atoms with E-state index in [0.717, 1.165) is 12.2 Å². The maximum Gasteiger partial charge on any atom is 0.244 e. The van der Waals surface area contributed by atoms with E-state index in [1.54, 1.807) is 0 Å². The molecule has 3 heteroatoms. The number of carbonyl (C=O) groups is 1. The van der Waals surface area contributed by atoms with Crippen LogP contribution in [0.5, 0.6) is 0 Å². The van der Waals surface area contributed by atoms with Gasteiger partial charge in [0, 0.05) is 12.2 Å². The van der Waals surface area contributed by atoms with Crippen LogP contribution < -0.4 is 10.6 Å². The maximum absolute atomic E-state index is 10.9. The summed E-state index contributed by atoms with van der Waals surface area (Å²) in [4.78, 5) is 10.9. The number of para-hydroxylation sites is 1. The van der Waals surface area contributed by atoms with Gasteiger partial charge in [0.2, 0.25) is 5.91 Å². The van der Waals surface area contributed by atoms with E-state index in [1.165, 1.54) is 0 Å². The Kier molecular flexibility index (Phi) is 1.70. The van der Waals surface area contributed by atoms with E-state index in [2.05, 4.69) is 10.6 Å². The van der Waals surface area contributed by atoms with Crippen molar-refractivity contribution in [1.29, 1.82) is 0 Å². The Labute approximate surface area is 70.8 Å². The van der Waals surface area contributed by atoms with Gasteiger partial charge in [-0.2, -0.15) is 0 Å². The summed E-state index contributed by atoms with van der Waals surface area (Å²) in [6, 6.07) is 9.70. The summed E-state index contributed by atoms with van der Waals surface area (Å²) >= 11 is 0. The maximum atomic E-state index is 10.9. The van der Waals surface area contributed by atoms with Crippen LogP contribution in [0.1, 0.15) is 0 Å². The second-order valence-corrected chi connectivity index (χ2v) is 2.81. The van der Waals surface area contributed by atoms with E-state index in [0.29, 0.717) is 0 Å². The highest BCUT2D eigenvalue weighted by molar-refractivity contribution is 5.90. The van der Waals surface area contributed by atoms with Crippen LogP contribution in [0.2, 0.25) is 0 Å². The molecule has 3 nitrogen and oxygen atoms in total. The molecule has 1 aromatic rings. The Balaban J connectivity index is 2.00. The minimum atomic E-state index is -0.0348. The average molecular weight is 162 g/mol. The molecule has 2 N–H and O–H groups in total. The fourth-order valence-corrected chi connectivity index (χ4v) is 1.14. The van der Waals surface area contributed by atoms with Gasteiger partial charge in [0.15, 0.2) is 0 Å². The first kappa shape index (κ1) is 7.16. The topological polar surface area (TPSA) is 41.1 Å². The molecule has 1 heterocycles. The van der Waals surface area contributed by atoms with Crippen LogP contribution in [0, 0.1) is 0 Å². The number of hydrogen-bond acceptors (Lipinski definition) is 2. The SMILES string of the molecule is O=C1NCC1Nc1ccccc1. The van der Waals surface area contributed by atoms with Crippen molar-refractivity contribution in [3.63, 3.8) is 0 Å². The van der Waals surface area contributed by atoms with Gasteiger partial charge < -0.3 is 10.6 Å². The summed E-state index contributed by atoms with van der Waals surface area (Å²) in [7, 11) is 0. The Morgan fingerprint density at radius 3 is 2.58 bits per heavy atom. The van der Waals surface area contributed by atoms with Crippen LogP contribution in [0.3, 0.4) is 0 Å². The van der Waals surface area contributed by atoms with Gasteiger partial charge in [0.25, 0.3) is 0 Å². The highest BCUT2D eigenvalue weighted by Crippen LogP contribution is 2.09. The summed E-state index contributed by atoms with van der Waals surface area (Å²) in [5.74, 6) is 0.0823. The van der Waals surface area contributed by atoms with E-state index >= 15 is 0 Å². The van der Waals surface area contributed by atoms with E-state index in [4.69, 9.17) is 0 Å². The first-order chi connectivity index (χ1) is 5.86. The molecular weight excluding hydrogens is 152 g/mol. The van der Waals surface area contributed by atoms with Crippen molar-refractivity contribution in [2.45, 2.75) is 6.04 Å². The van der Waals surface area contributed by atoms with E-state index in [-0.39, 0.29) is 11.9 Å². The molecule has 62 valence electrons. The van der Waals surface area contributed by atoms with Crippen molar-refractivity contribution < 1.29 is 4.79 Å². The molecule has 0 spiro atoms. The van der Waals surface area contributed by atoms with Crippen molar-refractivity contribution in [3.05, 3.63) is 30.3 Å². The lowest BCUT2D eigenvalue weighted by Gasteiger charge is -2.27. The number of benzene rings is 1. The van der Waals surface area contributed by atoms with Gasteiger partial charge in [-0.25, -0.2) is 0 Å². The summed E-state index contributed by atoms with van der Waals surface area (Å²) in [5, 5.41) is 5.79. The number of nitrogens with one attached hydrogen (secondary N) is 2. The van der Waals surface area contributed by atoms with Crippen molar-refractivity contribution in [2.24, 2.45) is 0 Å². The van der Waals surface area contributed by atoms with Crippen LogP contribution in [-0.2, 0) is 4.79 Å². The monoisotopic (exact) mass is 162 g/mol. The number of amides is 1. The lowest BCUT2D eigenvalue weighted by molar-refractivity contribution is -0.126. The largest absolute Gasteiger partial charge is 0.372 e. The van der Waals surface area contributed by atoms with Gasteiger partial charge in [-0.15, -0.1) is 0 Å². The van der Waals surface area contributed by atoms with E-state index in [9.17, 15) is 4.79 Å². The number of rotatable bonds is 2. The summed E-state index contributed by atoms with van der Waals surface area (Å²) in [6.07, 6.45) is 0. The normalized spacial score (nSPS) is 21.0. The number of anilines is 1. The van der Waals surface area contributed by atoms with E-state index < -0.39 is 0 Å². The first-order valence-corrected chi connectivity index (χ1v) is 3.95. The molecule has 0 radical (unpaired) electrons. The summed E-state index contributed by atoms with van der Waals surface area (Å²) in [5.41, 5.74) is 0.998. The predicted molar refractivity (Wildman–Crippen MR) is 46.9 cm³/mol. The van der Waals surface area contributed by atoms with Crippen molar-refractivity contribution in [1.82, 2.24) is 5.32 Å². The van der Waals surface area contributed by atoms with Crippen molar-refractivity contribution in [3.8, 4) is 0 Å². The minimum absolute atomic E-state index is 0.0348. The number of hydrogen-bond donors (Lipinski definition) is 2. The zero-order valence-corrected chi connectivity index (χ0v) is 6.58. The third-order valence-corrected chi connectivity index (χ3v) is 1.91. The predicted octanol–water partition coefficient (Wildman–Crippen LogP) is 0.597. The minimum Gasteiger partial charge on any atom is -0.372 e. The van der Waals surface area contributed by atoms with Crippen LogP contribution in [0.4, 0.5) is 5.69 Å². The molecule has 0 aliphatic carbocycles. The quantitative estimate of drug-likeness (QED) is 0.625. The molecule has 0 saturated carbocycles. The molecule has 1 unspecified atom stereocenters. The second kappa shape index (κ2) is 2.85. The molecule has 2 rings (SSSR count). The lowest BCUT2D eigenvalue weighted by atomic mass is 10.1. The zero-order valence-electron chi connectivity index (χ0n) is 6.58. The standard InChI is InChI=1S/C9H10N2O/c12-9-8(6-10-9)11-7-4-2-1-3-5-7/h1-5,8,11H,6H2,(H,10,12). The lowest BCUT2D eigenvalue weighted by Crippen LogP contribution is -2.57. The van der Waals surface area contributed by atoms with Gasteiger partial charge in [-0.1, -0.05) is 18.2 Å². The van der Waals surface area contributed by atoms with Gasteiger partial charge >= 0.3 is 0 Å². The molecule has 1 aliphatic rings. The van der Waals surface area contributed by atoms with Gasteiger partial charge in [-0.05, 0) is 12.1 Å². The molecule has 1 fully saturated rings. The Bertz CT molecular complexity index is 284. The Hall–Kier alpha value is -1.51. The first-order valence-electron chi connectivity index (χ1n) is 3.95. The molecule has 0 aromatic heterocycles. The second-order valence-electron chi connectivity index (χ2n) is 2.81. The zero-order chi connectivity index (χ0) is 8.39. The molecule has 1 amide bonds. The Morgan fingerprint density at radius 2 is 2.08 bits per heavy atom. The van der Waals surface area contributed by atoms with Gasteiger partial charge in [0.05, 0.1) is 0 Å². The molecule has 1 saturated heterocycles.